The zero-order valence-corrected chi connectivity index (χ0v) is 29.6. The summed E-state index contributed by atoms with van der Waals surface area (Å²) in [4.78, 5) is 89.9. The zero-order valence-electron chi connectivity index (χ0n) is 29.6. The summed E-state index contributed by atoms with van der Waals surface area (Å²) in [5, 5.41) is 31.7. The minimum Gasteiger partial charge on any atom is -0.480 e. The maximum Gasteiger partial charge on any atom is 0.331 e. The van der Waals surface area contributed by atoms with Crippen LogP contribution in [-0.4, -0.2) is 148 Å². The Hall–Kier alpha value is -5.68. The van der Waals surface area contributed by atoms with Gasteiger partial charge in [-0.05, 0) is 61.8 Å². The van der Waals surface area contributed by atoms with Crippen LogP contribution in [0.3, 0.4) is 0 Å². The average molecular weight is 735 g/mol. The molecule has 0 spiro atoms. The van der Waals surface area contributed by atoms with Gasteiger partial charge < -0.3 is 51.1 Å². The zero-order chi connectivity index (χ0) is 37.5. The van der Waals surface area contributed by atoms with Crippen LogP contribution in [0.2, 0.25) is 0 Å². The number of urea groups is 2. The first-order chi connectivity index (χ1) is 25.6. The number of fused-ring (bicyclic) bond motifs is 2. The smallest absolute Gasteiger partial charge is 0.331 e. The third-order valence-electron chi connectivity index (χ3n) is 9.92. The lowest BCUT2D eigenvalue weighted by atomic mass is 9.93. The highest BCUT2D eigenvalue weighted by Gasteiger charge is 2.38. The van der Waals surface area contributed by atoms with Gasteiger partial charge in [0.05, 0.1) is 0 Å². The molecule has 2 saturated heterocycles. The number of anilines is 2. The molecular formula is C35H46N10O8. The van der Waals surface area contributed by atoms with Crippen LogP contribution >= 0.6 is 0 Å². The number of carboxylic acid groups (broad SMARTS) is 2. The van der Waals surface area contributed by atoms with Gasteiger partial charge in [0.1, 0.15) is 31.3 Å². The van der Waals surface area contributed by atoms with Crippen molar-refractivity contribution in [1.82, 2.24) is 40.2 Å². The number of amides is 6. The lowest BCUT2D eigenvalue weighted by Gasteiger charge is -2.38. The second-order valence-corrected chi connectivity index (χ2v) is 13.6. The normalized spacial score (nSPS) is 17.6. The number of nitrogens with one attached hydrogen (secondary N) is 4. The van der Waals surface area contributed by atoms with E-state index in [0.717, 1.165) is 42.9 Å². The summed E-state index contributed by atoms with van der Waals surface area (Å²) in [6, 6.07) is 3.64. The molecule has 18 nitrogen and oxygen atoms in total. The van der Waals surface area contributed by atoms with Gasteiger partial charge in [0.25, 0.3) is 0 Å². The Bertz CT molecular complexity index is 1760. The molecule has 18 heteroatoms. The molecule has 0 aromatic carbocycles. The molecule has 6 N–H and O–H groups in total. The van der Waals surface area contributed by atoms with Crippen molar-refractivity contribution in [2.45, 2.75) is 51.0 Å². The number of aromatic nitrogens is 2. The van der Waals surface area contributed by atoms with Crippen LogP contribution in [0.5, 0.6) is 0 Å². The van der Waals surface area contributed by atoms with Crippen LogP contribution in [0.25, 0.3) is 0 Å². The fourth-order valence-corrected chi connectivity index (χ4v) is 7.17. The van der Waals surface area contributed by atoms with Crippen LogP contribution in [0.4, 0.5) is 21.2 Å². The van der Waals surface area contributed by atoms with Gasteiger partial charge in [-0.25, -0.2) is 24.4 Å². The van der Waals surface area contributed by atoms with Gasteiger partial charge in [0, 0.05) is 75.7 Å². The van der Waals surface area contributed by atoms with Crippen molar-refractivity contribution in [2.24, 2.45) is 0 Å². The van der Waals surface area contributed by atoms with Crippen molar-refractivity contribution < 1.29 is 39.0 Å². The van der Waals surface area contributed by atoms with Gasteiger partial charge in [-0.1, -0.05) is 6.07 Å². The van der Waals surface area contributed by atoms with E-state index in [0.29, 0.717) is 55.8 Å². The van der Waals surface area contributed by atoms with Gasteiger partial charge in [-0.3, -0.25) is 14.4 Å². The van der Waals surface area contributed by atoms with Gasteiger partial charge in [0.2, 0.25) is 11.8 Å². The minimum absolute atomic E-state index is 0.0419. The van der Waals surface area contributed by atoms with Gasteiger partial charge in [-0.2, -0.15) is 0 Å². The Balaban J connectivity index is 1.04. The number of aryl methyl sites for hydroxylation is 2. The Labute approximate surface area is 306 Å². The molecule has 4 aliphatic heterocycles. The predicted octanol–water partition coefficient (Wildman–Crippen LogP) is 0.286. The van der Waals surface area contributed by atoms with E-state index in [-0.39, 0.29) is 45.8 Å². The van der Waals surface area contributed by atoms with E-state index in [1.165, 1.54) is 25.2 Å². The average Bonchev–Trinajstić information content (AvgIpc) is 3.14. The molecule has 6 amide bonds. The Kier molecular flexibility index (Phi) is 11.7. The topological polar surface area (TPSA) is 230 Å². The molecular weight excluding hydrogens is 688 g/mol. The van der Waals surface area contributed by atoms with Crippen LogP contribution in [0.15, 0.2) is 18.2 Å². The number of hydrogen-bond donors (Lipinski definition) is 6. The number of rotatable bonds is 12. The third kappa shape index (κ3) is 9.04. The van der Waals surface area contributed by atoms with Crippen LogP contribution in [0.1, 0.15) is 53.4 Å². The predicted molar refractivity (Wildman–Crippen MR) is 190 cm³/mol. The van der Waals surface area contributed by atoms with Crippen molar-refractivity contribution in [3.63, 3.8) is 0 Å². The fourth-order valence-electron chi connectivity index (χ4n) is 7.17. The molecule has 1 atom stereocenters. The van der Waals surface area contributed by atoms with E-state index in [9.17, 15) is 33.9 Å². The number of hydrogen-bond acceptors (Lipinski definition) is 10. The summed E-state index contributed by atoms with van der Waals surface area (Å²) >= 11 is 0. The number of carboxylic acids is 2. The third-order valence-corrected chi connectivity index (χ3v) is 9.92. The molecule has 53 heavy (non-hydrogen) atoms. The van der Waals surface area contributed by atoms with Crippen molar-refractivity contribution >= 4 is 47.5 Å². The highest BCUT2D eigenvalue weighted by Crippen LogP contribution is 2.33. The quantitative estimate of drug-likeness (QED) is 0.162. The minimum atomic E-state index is -1.27. The Morgan fingerprint density at radius 3 is 2.19 bits per heavy atom. The van der Waals surface area contributed by atoms with Crippen LogP contribution in [-0.2, 0) is 44.9 Å². The number of pyridine rings is 2. The number of nitrogens with zero attached hydrogens (tertiary/aromatic N) is 6. The van der Waals surface area contributed by atoms with Crippen molar-refractivity contribution in [2.75, 3.05) is 82.6 Å². The molecule has 2 aromatic heterocycles. The summed E-state index contributed by atoms with van der Waals surface area (Å²) in [6.07, 6.45) is 4.82. The second-order valence-electron chi connectivity index (χ2n) is 13.6. The maximum atomic E-state index is 13.5. The lowest BCUT2D eigenvalue weighted by molar-refractivity contribution is -0.152. The molecule has 4 aliphatic rings. The van der Waals surface area contributed by atoms with Gasteiger partial charge in [0.15, 0.2) is 6.04 Å². The first kappa shape index (κ1) is 37.1. The largest absolute Gasteiger partial charge is 0.480 e. The molecule has 2 aromatic rings. The van der Waals surface area contributed by atoms with E-state index in [4.69, 9.17) is 10.1 Å². The maximum absolute atomic E-state index is 13.5. The molecule has 0 radical (unpaired) electrons. The Morgan fingerprint density at radius 1 is 0.792 bits per heavy atom. The summed E-state index contributed by atoms with van der Waals surface area (Å²) < 4.78 is 0. The number of carbonyl (C=O) groups is 6. The van der Waals surface area contributed by atoms with Gasteiger partial charge in [-0.15, -0.1) is 0 Å². The number of carbonyl (C=O) groups excluding carboxylic acids is 4. The first-order valence-electron chi connectivity index (χ1n) is 18.1. The summed E-state index contributed by atoms with van der Waals surface area (Å²) in [5.74, 6) is -1.74. The van der Waals surface area contributed by atoms with Crippen LogP contribution in [0, 0.1) is 0 Å². The number of aliphatic carboxylic acids is 2. The highest BCUT2D eigenvalue weighted by atomic mass is 16.4. The van der Waals surface area contributed by atoms with Crippen LogP contribution < -0.4 is 21.3 Å². The SMILES string of the molecule is O=C(O)CN1CCN(C(=O)NCCCc2cc(C(C(=O)O)N3CCN(C(=O)NCCc4ccc5c(n4)NCCC5)CC3=O)c3c(n2)NCCC3)CC1=O. The molecule has 6 heterocycles. The molecule has 0 aliphatic carbocycles. The standard InChI is InChI=1S/C35H46N10O8/c46-27-19-43(15-14-42(27)21-29(48)49)34(52)38-12-2-5-24-18-26(25-6-3-11-37-32(25)41-24)30(33(50)51)45-17-16-44(20-28(45)47)35(53)39-13-9-23-8-7-22-4-1-10-36-31(22)40-23/h7-8,18,30H,1-6,9-17,19-21H2,(H,36,40)(H,37,41)(H,38,52)(H,39,53)(H,48,49)(H,50,51). The first-order valence-corrected chi connectivity index (χ1v) is 18.1. The van der Waals surface area contributed by atoms with E-state index in [2.05, 4.69) is 32.3 Å². The van der Waals surface area contributed by atoms with E-state index >= 15 is 0 Å². The fraction of sp³-hybridized carbons (Fsp3) is 0.543. The van der Waals surface area contributed by atoms with E-state index in [1.807, 2.05) is 6.07 Å². The van der Waals surface area contributed by atoms with E-state index < -0.39 is 48.4 Å². The summed E-state index contributed by atoms with van der Waals surface area (Å²) in [6.45, 7) is 1.84. The molecule has 284 valence electrons. The Morgan fingerprint density at radius 2 is 1.47 bits per heavy atom. The summed E-state index contributed by atoms with van der Waals surface area (Å²) in [5.41, 5.74) is 3.85. The monoisotopic (exact) mass is 734 g/mol. The van der Waals surface area contributed by atoms with Crippen molar-refractivity contribution in [3.8, 4) is 0 Å². The number of piperazine rings is 2. The van der Waals surface area contributed by atoms with E-state index in [1.54, 1.807) is 6.07 Å². The second kappa shape index (κ2) is 16.8. The molecule has 0 saturated carbocycles. The van der Waals surface area contributed by atoms with Crippen molar-refractivity contribution in [3.05, 3.63) is 46.3 Å². The lowest BCUT2D eigenvalue weighted by Crippen LogP contribution is -2.56. The molecule has 2 fully saturated rings. The molecule has 1 unspecified atom stereocenters. The molecule has 6 rings (SSSR count). The summed E-state index contributed by atoms with van der Waals surface area (Å²) in [7, 11) is 0. The van der Waals surface area contributed by atoms with Crippen molar-refractivity contribution in [1.29, 1.82) is 0 Å². The van der Waals surface area contributed by atoms with Gasteiger partial charge >= 0.3 is 24.0 Å². The highest BCUT2D eigenvalue weighted by molar-refractivity contribution is 5.90. The molecule has 0 bridgehead atoms.